The van der Waals surface area contributed by atoms with Gasteiger partial charge in [-0.1, -0.05) is 18.9 Å². The molecule has 2 aliphatic carbocycles. The summed E-state index contributed by atoms with van der Waals surface area (Å²) < 4.78 is 0. The third-order valence-electron chi connectivity index (χ3n) is 4.55. The molecule has 0 radical (unpaired) electrons. The summed E-state index contributed by atoms with van der Waals surface area (Å²) in [5.74, 6) is 2.33. The van der Waals surface area contributed by atoms with Crippen LogP contribution in [0, 0.1) is 0 Å². The Morgan fingerprint density at radius 3 is 2.57 bits per heavy atom. The molecule has 2 aromatic rings. The molecule has 2 fully saturated rings. The third kappa shape index (κ3) is 3.55. The Morgan fingerprint density at radius 2 is 1.83 bits per heavy atom. The minimum absolute atomic E-state index is 0.246. The van der Waals surface area contributed by atoms with Gasteiger partial charge in [0, 0.05) is 29.8 Å². The van der Waals surface area contributed by atoms with Crippen LogP contribution < -0.4 is 10.6 Å². The zero-order valence-corrected chi connectivity index (χ0v) is 13.1. The minimum Gasteiger partial charge on any atom is -0.508 e. The first-order valence-corrected chi connectivity index (χ1v) is 8.48. The first-order valence-electron chi connectivity index (χ1n) is 8.48. The van der Waals surface area contributed by atoms with E-state index in [1.165, 1.54) is 38.5 Å². The third-order valence-corrected chi connectivity index (χ3v) is 4.55. The molecule has 4 rings (SSSR count). The summed E-state index contributed by atoms with van der Waals surface area (Å²) in [6.45, 7) is 0. The first kappa shape index (κ1) is 14.3. The second-order valence-electron chi connectivity index (χ2n) is 6.58. The molecule has 0 amide bonds. The summed E-state index contributed by atoms with van der Waals surface area (Å²) in [6, 6.07) is 9.62. The average Bonchev–Trinajstić information content (AvgIpc) is 3.26. The maximum absolute atomic E-state index is 9.60. The van der Waals surface area contributed by atoms with Crippen LogP contribution in [0.15, 0.2) is 30.3 Å². The van der Waals surface area contributed by atoms with Gasteiger partial charge in [-0.3, -0.25) is 0 Å². The molecule has 0 aliphatic heterocycles. The molecular formula is C18H22N4O. The number of aromatic nitrogens is 2. The van der Waals surface area contributed by atoms with E-state index in [4.69, 9.17) is 4.98 Å². The van der Waals surface area contributed by atoms with Crippen LogP contribution in [-0.2, 0) is 0 Å². The van der Waals surface area contributed by atoms with Crippen molar-refractivity contribution in [3.8, 4) is 5.75 Å². The van der Waals surface area contributed by atoms with Crippen molar-refractivity contribution < 1.29 is 5.11 Å². The maximum Gasteiger partial charge on any atom is 0.225 e. The van der Waals surface area contributed by atoms with Crippen molar-refractivity contribution in [3.05, 3.63) is 36.0 Å². The summed E-state index contributed by atoms with van der Waals surface area (Å²) in [6.07, 6.45) is 7.40. The number of anilines is 3. The van der Waals surface area contributed by atoms with Crippen LogP contribution in [0.3, 0.4) is 0 Å². The van der Waals surface area contributed by atoms with Crippen molar-refractivity contribution in [1.29, 1.82) is 0 Å². The van der Waals surface area contributed by atoms with E-state index < -0.39 is 0 Å². The molecule has 23 heavy (non-hydrogen) atoms. The van der Waals surface area contributed by atoms with E-state index in [9.17, 15) is 5.11 Å². The Balaban J connectivity index is 1.58. The molecule has 1 aromatic heterocycles. The fraction of sp³-hybridized carbons (Fsp3) is 0.444. The zero-order valence-electron chi connectivity index (χ0n) is 13.1. The van der Waals surface area contributed by atoms with Gasteiger partial charge < -0.3 is 15.7 Å². The predicted molar refractivity (Wildman–Crippen MR) is 91.3 cm³/mol. The standard InChI is InChI=1S/C18H22N4O/c23-15-7-3-6-14(10-15)19-17-11-16(12-8-9-12)21-18(22-17)20-13-4-1-2-5-13/h3,6-7,10-13,23H,1-2,4-5,8-9H2,(H2,19,20,21,22). The van der Waals surface area contributed by atoms with Crippen LogP contribution in [0.5, 0.6) is 5.75 Å². The Labute approximate surface area is 136 Å². The van der Waals surface area contributed by atoms with Crippen molar-refractivity contribution in [2.75, 3.05) is 10.6 Å². The van der Waals surface area contributed by atoms with Crippen molar-refractivity contribution in [2.45, 2.75) is 50.5 Å². The smallest absolute Gasteiger partial charge is 0.225 e. The summed E-state index contributed by atoms with van der Waals surface area (Å²) in [7, 11) is 0. The van der Waals surface area contributed by atoms with Crippen LogP contribution in [0.25, 0.3) is 0 Å². The van der Waals surface area contributed by atoms with Gasteiger partial charge in [-0.05, 0) is 37.8 Å². The molecule has 0 atom stereocenters. The number of nitrogens with zero attached hydrogens (tertiary/aromatic N) is 2. The van der Waals surface area contributed by atoms with Gasteiger partial charge in [0.1, 0.15) is 11.6 Å². The second-order valence-corrected chi connectivity index (χ2v) is 6.58. The van der Waals surface area contributed by atoms with Gasteiger partial charge in [0.15, 0.2) is 0 Å². The fourth-order valence-electron chi connectivity index (χ4n) is 3.17. The van der Waals surface area contributed by atoms with Crippen LogP contribution in [0.1, 0.15) is 50.1 Å². The van der Waals surface area contributed by atoms with Gasteiger partial charge in [0.05, 0.1) is 5.69 Å². The Kier molecular flexibility index (Phi) is 3.77. The molecular weight excluding hydrogens is 288 g/mol. The van der Waals surface area contributed by atoms with Gasteiger partial charge in [0.25, 0.3) is 0 Å². The Bertz CT molecular complexity index is 693. The molecule has 5 heteroatoms. The van der Waals surface area contributed by atoms with E-state index in [1.54, 1.807) is 12.1 Å². The normalized spacial score (nSPS) is 18.1. The van der Waals surface area contributed by atoms with Crippen LogP contribution >= 0.6 is 0 Å². The number of hydrogen-bond acceptors (Lipinski definition) is 5. The molecule has 0 saturated heterocycles. The predicted octanol–water partition coefficient (Wildman–Crippen LogP) is 4.16. The number of phenolic OH excluding ortho intramolecular Hbond substituents is 1. The van der Waals surface area contributed by atoms with E-state index in [0.29, 0.717) is 12.0 Å². The molecule has 3 N–H and O–H groups in total. The topological polar surface area (TPSA) is 70.1 Å². The summed E-state index contributed by atoms with van der Waals surface area (Å²) in [4.78, 5) is 9.32. The quantitative estimate of drug-likeness (QED) is 0.773. The summed E-state index contributed by atoms with van der Waals surface area (Å²) in [5.41, 5.74) is 1.94. The lowest BCUT2D eigenvalue weighted by molar-refractivity contribution is 0.475. The number of benzene rings is 1. The van der Waals surface area contributed by atoms with Crippen molar-refractivity contribution in [3.63, 3.8) is 0 Å². The molecule has 5 nitrogen and oxygen atoms in total. The number of hydrogen-bond donors (Lipinski definition) is 3. The van der Waals surface area contributed by atoms with E-state index in [2.05, 4.69) is 15.6 Å². The van der Waals surface area contributed by atoms with E-state index >= 15 is 0 Å². The Hall–Kier alpha value is -2.30. The molecule has 2 aliphatic rings. The average molecular weight is 310 g/mol. The number of nitrogens with one attached hydrogen (secondary N) is 2. The van der Waals surface area contributed by atoms with Gasteiger partial charge in [0.2, 0.25) is 5.95 Å². The van der Waals surface area contributed by atoms with E-state index in [1.807, 2.05) is 18.2 Å². The van der Waals surface area contributed by atoms with Crippen molar-refractivity contribution >= 4 is 17.5 Å². The minimum atomic E-state index is 0.246. The molecule has 0 bridgehead atoms. The van der Waals surface area contributed by atoms with Gasteiger partial charge in [-0.15, -0.1) is 0 Å². The number of aromatic hydroxyl groups is 1. The molecule has 1 aromatic carbocycles. The first-order chi connectivity index (χ1) is 11.3. The highest BCUT2D eigenvalue weighted by molar-refractivity contribution is 5.59. The SMILES string of the molecule is Oc1cccc(Nc2cc(C3CC3)nc(NC3CCCC3)n2)c1. The van der Waals surface area contributed by atoms with Crippen LogP contribution in [0.4, 0.5) is 17.5 Å². The van der Waals surface area contributed by atoms with Crippen LogP contribution in [-0.4, -0.2) is 21.1 Å². The highest BCUT2D eigenvalue weighted by Gasteiger charge is 2.26. The molecule has 0 spiro atoms. The van der Waals surface area contributed by atoms with Gasteiger partial charge >= 0.3 is 0 Å². The monoisotopic (exact) mass is 310 g/mol. The highest BCUT2D eigenvalue weighted by atomic mass is 16.3. The lowest BCUT2D eigenvalue weighted by Gasteiger charge is -2.14. The number of rotatable bonds is 5. The molecule has 2 saturated carbocycles. The Morgan fingerprint density at radius 1 is 1.00 bits per heavy atom. The molecule has 0 unspecified atom stereocenters. The van der Waals surface area contributed by atoms with E-state index in [-0.39, 0.29) is 5.75 Å². The maximum atomic E-state index is 9.60. The summed E-state index contributed by atoms with van der Waals surface area (Å²) in [5, 5.41) is 16.4. The second kappa shape index (κ2) is 6.07. The van der Waals surface area contributed by atoms with Gasteiger partial charge in [-0.25, -0.2) is 4.98 Å². The fourth-order valence-corrected chi connectivity index (χ4v) is 3.17. The van der Waals surface area contributed by atoms with Gasteiger partial charge in [-0.2, -0.15) is 4.98 Å². The van der Waals surface area contributed by atoms with E-state index in [0.717, 1.165) is 23.1 Å². The number of phenols is 1. The lowest BCUT2D eigenvalue weighted by Crippen LogP contribution is -2.17. The lowest BCUT2D eigenvalue weighted by atomic mass is 10.2. The highest BCUT2D eigenvalue weighted by Crippen LogP contribution is 2.40. The van der Waals surface area contributed by atoms with Crippen molar-refractivity contribution in [1.82, 2.24) is 9.97 Å². The largest absolute Gasteiger partial charge is 0.508 e. The van der Waals surface area contributed by atoms with Crippen LogP contribution in [0.2, 0.25) is 0 Å². The molecule has 120 valence electrons. The van der Waals surface area contributed by atoms with Crippen molar-refractivity contribution in [2.24, 2.45) is 0 Å². The zero-order chi connectivity index (χ0) is 15.6. The molecule has 1 heterocycles. The summed E-state index contributed by atoms with van der Waals surface area (Å²) >= 11 is 0.